The quantitative estimate of drug-likeness (QED) is 0.453. The normalized spacial score (nSPS) is 24.1. The van der Waals surface area contributed by atoms with Gasteiger partial charge in [-0.1, -0.05) is 71.1 Å². The SMILES string of the molecule is CCCCCCCCCCCCC(N)C1(C)CCCS1. The van der Waals surface area contributed by atoms with Crippen molar-refractivity contribution in [1.82, 2.24) is 0 Å². The summed E-state index contributed by atoms with van der Waals surface area (Å²) in [7, 11) is 0. The molecule has 0 amide bonds. The summed E-state index contributed by atoms with van der Waals surface area (Å²) >= 11 is 2.11. The number of unbranched alkanes of at least 4 members (excludes halogenated alkanes) is 9. The summed E-state index contributed by atoms with van der Waals surface area (Å²) in [5.74, 6) is 1.32. The average molecular weight is 300 g/mol. The maximum absolute atomic E-state index is 6.40. The Balaban J connectivity index is 1.87. The molecule has 1 rings (SSSR count). The molecule has 20 heavy (non-hydrogen) atoms. The average Bonchev–Trinajstić information content (AvgIpc) is 2.89. The predicted molar refractivity (Wildman–Crippen MR) is 94.5 cm³/mol. The summed E-state index contributed by atoms with van der Waals surface area (Å²) in [6.07, 6.45) is 18.1. The van der Waals surface area contributed by atoms with Crippen molar-refractivity contribution in [3.05, 3.63) is 0 Å². The van der Waals surface area contributed by atoms with Gasteiger partial charge in [-0.05, 0) is 31.9 Å². The molecule has 2 atom stereocenters. The van der Waals surface area contributed by atoms with Crippen molar-refractivity contribution in [3.63, 3.8) is 0 Å². The first-order chi connectivity index (χ1) is 9.69. The van der Waals surface area contributed by atoms with E-state index in [0.29, 0.717) is 10.8 Å². The zero-order chi connectivity index (χ0) is 14.7. The van der Waals surface area contributed by atoms with Gasteiger partial charge in [0.05, 0.1) is 0 Å². The number of nitrogens with two attached hydrogens (primary N) is 1. The van der Waals surface area contributed by atoms with Crippen molar-refractivity contribution >= 4 is 11.8 Å². The molecule has 1 aliphatic rings. The number of hydrogen-bond donors (Lipinski definition) is 1. The van der Waals surface area contributed by atoms with Gasteiger partial charge in [-0.2, -0.15) is 11.8 Å². The lowest BCUT2D eigenvalue weighted by atomic mass is 9.92. The van der Waals surface area contributed by atoms with Crippen LogP contribution in [0.3, 0.4) is 0 Å². The van der Waals surface area contributed by atoms with Crippen LogP contribution >= 0.6 is 11.8 Å². The Morgan fingerprint density at radius 1 is 0.950 bits per heavy atom. The van der Waals surface area contributed by atoms with Gasteiger partial charge in [-0.3, -0.25) is 0 Å². The zero-order valence-corrected chi connectivity index (χ0v) is 14.8. The van der Waals surface area contributed by atoms with E-state index >= 15 is 0 Å². The minimum Gasteiger partial charge on any atom is -0.326 e. The Bertz CT molecular complexity index is 223. The van der Waals surface area contributed by atoms with Crippen LogP contribution in [0.25, 0.3) is 0 Å². The Kier molecular flexibility index (Phi) is 10.1. The largest absolute Gasteiger partial charge is 0.326 e. The van der Waals surface area contributed by atoms with E-state index in [2.05, 4.69) is 25.6 Å². The molecule has 0 aromatic carbocycles. The summed E-state index contributed by atoms with van der Waals surface area (Å²) in [6, 6.07) is 0.420. The van der Waals surface area contributed by atoms with Crippen LogP contribution in [0.4, 0.5) is 0 Å². The molecular weight excluding hydrogens is 262 g/mol. The molecule has 2 heteroatoms. The molecule has 0 radical (unpaired) electrons. The lowest BCUT2D eigenvalue weighted by Gasteiger charge is -2.30. The first kappa shape index (κ1) is 18.4. The van der Waals surface area contributed by atoms with Crippen LogP contribution in [0.1, 0.15) is 97.3 Å². The van der Waals surface area contributed by atoms with Crippen LogP contribution in [0.15, 0.2) is 0 Å². The first-order valence-electron chi connectivity index (χ1n) is 9.08. The van der Waals surface area contributed by atoms with Gasteiger partial charge in [0.15, 0.2) is 0 Å². The third-order valence-corrected chi connectivity index (χ3v) is 6.56. The van der Waals surface area contributed by atoms with Crippen LogP contribution in [-0.2, 0) is 0 Å². The lowest BCUT2D eigenvalue weighted by Crippen LogP contribution is -2.41. The Morgan fingerprint density at radius 3 is 2.00 bits per heavy atom. The summed E-state index contributed by atoms with van der Waals surface area (Å²) in [5.41, 5.74) is 6.40. The molecule has 2 N–H and O–H groups in total. The molecule has 1 aliphatic heterocycles. The molecule has 0 saturated carbocycles. The van der Waals surface area contributed by atoms with Gasteiger partial charge >= 0.3 is 0 Å². The maximum Gasteiger partial charge on any atom is 0.0283 e. The van der Waals surface area contributed by atoms with Crippen molar-refractivity contribution in [2.75, 3.05) is 5.75 Å². The topological polar surface area (TPSA) is 26.0 Å². The van der Waals surface area contributed by atoms with E-state index in [4.69, 9.17) is 5.73 Å². The van der Waals surface area contributed by atoms with E-state index in [1.807, 2.05) is 0 Å². The molecule has 0 aromatic rings. The van der Waals surface area contributed by atoms with Crippen molar-refractivity contribution in [3.8, 4) is 0 Å². The second-order valence-electron chi connectivity index (χ2n) is 6.84. The smallest absolute Gasteiger partial charge is 0.0283 e. The van der Waals surface area contributed by atoms with Crippen molar-refractivity contribution in [2.24, 2.45) is 5.73 Å². The third-order valence-electron chi connectivity index (χ3n) is 4.90. The molecule has 1 fully saturated rings. The maximum atomic E-state index is 6.40. The predicted octanol–water partition coefficient (Wildman–Crippen LogP) is 5.91. The third kappa shape index (κ3) is 7.36. The second kappa shape index (κ2) is 11.0. The first-order valence-corrected chi connectivity index (χ1v) is 10.1. The summed E-state index contributed by atoms with van der Waals surface area (Å²) in [6.45, 7) is 4.67. The number of hydrogen-bond acceptors (Lipinski definition) is 2. The zero-order valence-electron chi connectivity index (χ0n) is 14.0. The van der Waals surface area contributed by atoms with E-state index in [9.17, 15) is 0 Å². The highest BCUT2D eigenvalue weighted by molar-refractivity contribution is 8.00. The molecular formula is C18H37NS. The van der Waals surface area contributed by atoms with Gasteiger partial charge in [0, 0.05) is 10.8 Å². The van der Waals surface area contributed by atoms with Crippen LogP contribution < -0.4 is 5.73 Å². The molecule has 0 bridgehead atoms. The van der Waals surface area contributed by atoms with E-state index in [0.717, 1.165) is 0 Å². The van der Waals surface area contributed by atoms with E-state index < -0.39 is 0 Å². The monoisotopic (exact) mass is 299 g/mol. The van der Waals surface area contributed by atoms with Gasteiger partial charge in [-0.15, -0.1) is 0 Å². The minimum atomic E-state index is 0.388. The fourth-order valence-electron chi connectivity index (χ4n) is 3.25. The highest BCUT2D eigenvalue weighted by Gasteiger charge is 2.34. The molecule has 0 spiro atoms. The fraction of sp³-hybridized carbons (Fsp3) is 1.00. The molecule has 120 valence electrons. The standard InChI is InChI=1S/C18H37NS/c1-3-4-5-6-7-8-9-10-11-12-14-17(19)18(2)15-13-16-20-18/h17H,3-16,19H2,1-2H3. The van der Waals surface area contributed by atoms with Crippen LogP contribution in [0.5, 0.6) is 0 Å². The van der Waals surface area contributed by atoms with Gasteiger partial charge in [0.25, 0.3) is 0 Å². The molecule has 1 heterocycles. The Morgan fingerprint density at radius 2 is 1.50 bits per heavy atom. The van der Waals surface area contributed by atoms with Gasteiger partial charge in [0.2, 0.25) is 0 Å². The van der Waals surface area contributed by atoms with Crippen LogP contribution in [0.2, 0.25) is 0 Å². The molecule has 0 aliphatic carbocycles. The molecule has 0 aromatic heterocycles. The van der Waals surface area contributed by atoms with Crippen molar-refractivity contribution in [1.29, 1.82) is 0 Å². The van der Waals surface area contributed by atoms with Gasteiger partial charge < -0.3 is 5.73 Å². The van der Waals surface area contributed by atoms with E-state index in [1.165, 1.54) is 89.2 Å². The summed E-state index contributed by atoms with van der Waals surface area (Å²) in [4.78, 5) is 0. The molecule has 1 saturated heterocycles. The van der Waals surface area contributed by atoms with Gasteiger partial charge in [-0.25, -0.2) is 0 Å². The lowest BCUT2D eigenvalue weighted by molar-refractivity contribution is 0.437. The minimum absolute atomic E-state index is 0.388. The Hall–Kier alpha value is 0.310. The highest BCUT2D eigenvalue weighted by atomic mass is 32.2. The summed E-state index contributed by atoms with van der Waals surface area (Å²) in [5, 5.41) is 0. The van der Waals surface area contributed by atoms with Gasteiger partial charge in [0.1, 0.15) is 0 Å². The van der Waals surface area contributed by atoms with Crippen LogP contribution in [0, 0.1) is 0 Å². The second-order valence-corrected chi connectivity index (χ2v) is 8.47. The number of thioether (sulfide) groups is 1. The van der Waals surface area contributed by atoms with E-state index in [1.54, 1.807) is 0 Å². The fourth-order valence-corrected chi connectivity index (χ4v) is 4.63. The highest BCUT2D eigenvalue weighted by Crippen LogP contribution is 2.40. The number of rotatable bonds is 12. The van der Waals surface area contributed by atoms with Crippen LogP contribution in [-0.4, -0.2) is 16.5 Å². The molecule has 2 unspecified atom stereocenters. The molecule has 1 nitrogen and oxygen atoms in total. The Labute approximate surface area is 131 Å². The summed E-state index contributed by atoms with van der Waals surface area (Å²) < 4.78 is 0.388. The van der Waals surface area contributed by atoms with E-state index in [-0.39, 0.29) is 0 Å². The van der Waals surface area contributed by atoms with Crippen molar-refractivity contribution in [2.45, 2.75) is 108 Å². The van der Waals surface area contributed by atoms with Crippen molar-refractivity contribution < 1.29 is 0 Å².